The lowest BCUT2D eigenvalue weighted by molar-refractivity contribution is -0.385. The van der Waals surface area contributed by atoms with Crippen molar-refractivity contribution in [3.8, 4) is 11.3 Å². The van der Waals surface area contributed by atoms with Crippen LogP contribution in [0.5, 0.6) is 0 Å². The van der Waals surface area contributed by atoms with Crippen molar-refractivity contribution in [3.05, 3.63) is 112 Å². The average Bonchev–Trinajstić information content (AvgIpc) is 3.52. The van der Waals surface area contributed by atoms with Crippen LogP contribution in [0, 0.1) is 17.0 Å². The van der Waals surface area contributed by atoms with E-state index in [1.165, 1.54) is 11.0 Å². The summed E-state index contributed by atoms with van der Waals surface area (Å²) in [4.78, 5) is 12.0. The molecule has 1 aromatic heterocycles. The lowest BCUT2D eigenvalue weighted by atomic mass is 10.0. The van der Waals surface area contributed by atoms with E-state index >= 15 is 0 Å². The second-order valence-corrected chi connectivity index (χ2v) is 9.02. The van der Waals surface area contributed by atoms with Gasteiger partial charge in [0.05, 0.1) is 16.3 Å². The number of hydrogen-bond acceptors (Lipinski definition) is 6. The number of hydrogen-bond donors (Lipinski definition) is 0. The first-order chi connectivity index (χ1) is 16.5. The molecule has 0 amide bonds. The molecule has 0 aliphatic carbocycles. The first-order valence-corrected chi connectivity index (χ1v) is 12.2. The molecule has 0 radical (unpaired) electrons. The maximum Gasteiger partial charge on any atom is 0.272 e. The summed E-state index contributed by atoms with van der Waals surface area (Å²) >= 11 is 1.72. The van der Waals surface area contributed by atoms with Crippen molar-refractivity contribution in [3.63, 3.8) is 0 Å². The highest BCUT2D eigenvalue weighted by molar-refractivity contribution is 7.98. The van der Waals surface area contributed by atoms with Crippen LogP contribution in [0.3, 0.4) is 0 Å². The molecule has 1 unspecified atom stereocenters. The number of nitro benzene ring substituents is 1. The fraction of sp³-hybridized carbons (Fsp3) is 0.148. The highest BCUT2D eigenvalue weighted by Gasteiger charge is 2.32. The SMILES string of the molecule is CSc1ccc(C2=NN(c3ccccc3)C(c3ccc(-c4ccc([N+](=O)[O-])c(C)c4)o3)C2)cc1. The van der Waals surface area contributed by atoms with Crippen LogP contribution in [0.2, 0.25) is 0 Å². The van der Waals surface area contributed by atoms with Crippen LogP contribution in [0.25, 0.3) is 11.3 Å². The molecular weight excluding hydrogens is 446 g/mol. The van der Waals surface area contributed by atoms with Gasteiger partial charge >= 0.3 is 0 Å². The van der Waals surface area contributed by atoms with E-state index in [0.717, 1.165) is 28.3 Å². The van der Waals surface area contributed by atoms with Crippen molar-refractivity contribution in [1.29, 1.82) is 0 Å². The van der Waals surface area contributed by atoms with E-state index in [9.17, 15) is 10.1 Å². The zero-order chi connectivity index (χ0) is 23.7. The highest BCUT2D eigenvalue weighted by Crippen LogP contribution is 2.39. The molecule has 7 heteroatoms. The predicted octanol–water partition coefficient (Wildman–Crippen LogP) is 7.24. The van der Waals surface area contributed by atoms with Crippen LogP contribution in [0.1, 0.15) is 29.3 Å². The Morgan fingerprint density at radius 1 is 1.00 bits per heavy atom. The number of aryl methyl sites for hydroxylation is 1. The van der Waals surface area contributed by atoms with Crippen LogP contribution < -0.4 is 5.01 Å². The molecule has 4 aromatic rings. The average molecular weight is 470 g/mol. The molecule has 2 heterocycles. The van der Waals surface area contributed by atoms with Gasteiger partial charge < -0.3 is 4.42 Å². The van der Waals surface area contributed by atoms with Crippen molar-refractivity contribution in [2.45, 2.75) is 24.3 Å². The Morgan fingerprint density at radius 3 is 2.41 bits per heavy atom. The summed E-state index contributed by atoms with van der Waals surface area (Å²) in [5.74, 6) is 1.48. The van der Waals surface area contributed by atoms with Crippen LogP contribution in [0.15, 0.2) is 99.3 Å². The Balaban J connectivity index is 1.48. The molecule has 0 N–H and O–H groups in total. The minimum absolute atomic E-state index is 0.0921. The van der Waals surface area contributed by atoms with Crippen LogP contribution in [-0.4, -0.2) is 16.9 Å². The summed E-state index contributed by atoms with van der Waals surface area (Å²) in [6.45, 7) is 1.74. The number of rotatable bonds is 6. The smallest absolute Gasteiger partial charge is 0.272 e. The zero-order valence-electron chi connectivity index (χ0n) is 18.8. The molecule has 34 heavy (non-hydrogen) atoms. The van der Waals surface area contributed by atoms with Crippen molar-refractivity contribution in [2.24, 2.45) is 5.10 Å². The van der Waals surface area contributed by atoms with E-state index < -0.39 is 0 Å². The van der Waals surface area contributed by atoms with Crippen molar-refractivity contribution < 1.29 is 9.34 Å². The van der Waals surface area contributed by atoms with E-state index in [1.54, 1.807) is 30.8 Å². The van der Waals surface area contributed by atoms with E-state index in [0.29, 0.717) is 17.7 Å². The molecule has 3 aromatic carbocycles. The van der Waals surface area contributed by atoms with E-state index in [2.05, 4.69) is 30.5 Å². The van der Waals surface area contributed by atoms with Crippen molar-refractivity contribution in [2.75, 3.05) is 11.3 Å². The Bertz CT molecular complexity index is 1360. The third-order valence-corrected chi connectivity index (χ3v) is 6.73. The summed E-state index contributed by atoms with van der Waals surface area (Å²) in [7, 11) is 0. The van der Waals surface area contributed by atoms with Gasteiger partial charge in [-0.1, -0.05) is 30.3 Å². The zero-order valence-corrected chi connectivity index (χ0v) is 19.7. The first kappa shape index (κ1) is 22.0. The summed E-state index contributed by atoms with van der Waals surface area (Å²) in [6.07, 6.45) is 2.77. The van der Waals surface area contributed by atoms with E-state index in [1.807, 2.05) is 47.5 Å². The maximum absolute atomic E-state index is 11.2. The van der Waals surface area contributed by atoms with Gasteiger partial charge in [0, 0.05) is 28.5 Å². The number of furan rings is 1. The molecule has 0 spiro atoms. The van der Waals surface area contributed by atoms with Crippen molar-refractivity contribution >= 4 is 28.8 Å². The van der Waals surface area contributed by atoms with Crippen LogP contribution >= 0.6 is 11.8 Å². The number of thioether (sulfide) groups is 1. The molecule has 1 aliphatic rings. The molecular formula is C27H23N3O3S. The van der Waals surface area contributed by atoms with Gasteiger partial charge in [-0.3, -0.25) is 15.1 Å². The topological polar surface area (TPSA) is 71.9 Å². The Labute approximate surface area is 202 Å². The van der Waals surface area contributed by atoms with Gasteiger partial charge in [0.15, 0.2) is 0 Å². The Kier molecular flexibility index (Phi) is 5.94. The molecule has 170 valence electrons. The quantitative estimate of drug-likeness (QED) is 0.169. The summed E-state index contributed by atoms with van der Waals surface area (Å²) < 4.78 is 6.29. The largest absolute Gasteiger partial charge is 0.459 e. The lowest BCUT2D eigenvalue weighted by Crippen LogP contribution is -2.17. The van der Waals surface area contributed by atoms with Gasteiger partial charge in [-0.05, 0) is 67.3 Å². The number of nitro groups is 1. The van der Waals surface area contributed by atoms with Gasteiger partial charge in [0.25, 0.3) is 5.69 Å². The normalized spacial score (nSPS) is 15.4. The van der Waals surface area contributed by atoms with Gasteiger partial charge in [0.2, 0.25) is 0 Å². The van der Waals surface area contributed by atoms with Crippen LogP contribution in [-0.2, 0) is 0 Å². The Hall–Kier alpha value is -3.84. The predicted molar refractivity (Wildman–Crippen MR) is 137 cm³/mol. The number of nitrogens with zero attached hydrogens (tertiary/aromatic N) is 3. The molecule has 1 atom stereocenters. The van der Waals surface area contributed by atoms with Gasteiger partial charge in [-0.2, -0.15) is 5.10 Å². The van der Waals surface area contributed by atoms with Crippen LogP contribution in [0.4, 0.5) is 11.4 Å². The number of anilines is 1. The molecule has 0 saturated heterocycles. The number of hydrazone groups is 1. The fourth-order valence-corrected chi connectivity index (χ4v) is 4.62. The minimum Gasteiger partial charge on any atom is -0.459 e. The third kappa shape index (κ3) is 4.22. The second-order valence-electron chi connectivity index (χ2n) is 8.14. The summed E-state index contributed by atoms with van der Waals surface area (Å²) in [5.41, 5.74) is 4.61. The number of benzene rings is 3. The van der Waals surface area contributed by atoms with Gasteiger partial charge in [0.1, 0.15) is 17.6 Å². The molecule has 5 rings (SSSR count). The number of para-hydroxylation sites is 1. The molecule has 6 nitrogen and oxygen atoms in total. The van der Waals surface area contributed by atoms with Gasteiger partial charge in [-0.15, -0.1) is 11.8 Å². The third-order valence-electron chi connectivity index (χ3n) is 5.99. The van der Waals surface area contributed by atoms with E-state index in [4.69, 9.17) is 9.52 Å². The standard InChI is InChI=1S/C27H23N3O3S/c1-18-16-20(10-13-24(18)30(31)32)26-14-15-27(33-26)25-17-23(19-8-11-22(34-2)12-9-19)28-29(25)21-6-4-3-5-7-21/h3-16,25H,17H2,1-2H3. The summed E-state index contributed by atoms with van der Waals surface area (Å²) in [5, 5.41) is 18.2. The van der Waals surface area contributed by atoms with E-state index in [-0.39, 0.29) is 16.7 Å². The molecule has 1 aliphatic heterocycles. The fourth-order valence-electron chi connectivity index (χ4n) is 4.21. The molecule has 0 fully saturated rings. The highest BCUT2D eigenvalue weighted by atomic mass is 32.2. The lowest BCUT2D eigenvalue weighted by Gasteiger charge is -2.21. The first-order valence-electron chi connectivity index (χ1n) is 10.9. The molecule has 0 saturated carbocycles. The Morgan fingerprint density at radius 2 is 1.74 bits per heavy atom. The monoisotopic (exact) mass is 469 g/mol. The van der Waals surface area contributed by atoms with Gasteiger partial charge in [-0.25, -0.2) is 0 Å². The minimum atomic E-state index is -0.368. The molecule has 0 bridgehead atoms. The summed E-state index contributed by atoms with van der Waals surface area (Å²) in [6, 6.07) is 27.4. The second kappa shape index (κ2) is 9.19. The maximum atomic E-state index is 11.2. The van der Waals surface area contributed by atoms with Crippen molar-refractivity contribution in [1.82, 2.24) is 0 Å².